The monoisotopic (exact) mass is 513 g/mol. The van der Waals surface area contributed by atoms with Crippen molar-refractivity contribution >= 4 is 41.7 Å². The number of likely N-dealkylation sites (N-methyl/N-ethyl adjacent to an activating group) is 1. The summed E-state index contributed by atoms with van der Waals surface area (Å²) in [5.41, 5.74) is 0.343. The number of hydrogen-bond donors (Lipinski definition) is 2. The summed E-state index contributed by atoms with van der Waals surface area (Å²) >= 11 is 2.10. The normalized spacial score (nSPS) is 20.5. The van der Waals surface area contributed by atoms with Crippen molar-refractivity contribution in [2.45, 2.75) is 37.6 Å². The van der Waals surface area contributed by atoms with E-state index in [1.54, 1.807) is 7.11 Å². The molecule has 0 spiro atoms. The minimum absolute atomic E-state index is 0. The van der Waals surface area contributed by atoms with Crippen molar-refractivity contribution in [3.8, 4) is 0 Å². The summed E-state index contributed by atoms with van der Waals surface area (Å²) < 4.78 is 5.12. The topological polar surface area (TPSA) is 52.1 Å². The number of methoxy groups -OCH3 is 1. The summed E-state index contributed by atoms with van der Waals surface area (Å²) in [6.07, 6.45) is 6.46. The van der Waals surface area contributed by atoms with Crippen LogP contribution in [0.5, 0.6) is 0 Å². The fourth-order valence-electron chi connectivity index (χ4n) is 4.10. The van der Waals surface area contributed by atoms with Crippen LogP contribution in [0.3, 0.4) is 0 Å². The first kappa shape index (κ1) is 25.3. The number of nitrogens with one attached hydrogen (secondary N) is 2. The number of halogens is 1. The van der Waals surface area contributed by atoms with E-state index in [4.69, 9.17) is 4.74 Å². The van der Waals surface area contributed by atoms with Gasteiger partial charge in [-0.25, -0.2) is 0 Å². The molecule has 8 heteroatoms. The average Bonchev–Trinajstić information content (AvgIpc) is 3.15. The van der Waals surface area contributed by atoms with E-state index in [2.05, 4.69) is 44.2 Å². The molecule has 2 aliphatic rings. The van der Waals surface area contributed by atoms with Gasteiger partial charge in [-0.1, -0.05) is 12.8 Å². The molecule has 0 aromatic carbocycles. The summed E-state index contributed by atoms with van der Waals surface area (Å²) in [4.78, 5) is 9.52. The van der Waals surface area contributed by atoms with Crippen LogP contribution in [0.2, 0.25) is 0 Å². The zero-order valence-corrected chi connectivity index (χ0v) is 20.6. The maximum absolute atomic E-state index is 5.12. The first-order valence-corrected chi connectivity index (χ1v) is 11.3. The van der Waals surface area contributed by atoms with Gasteiger partial charge < -0.3 is 20.3 Å². The van der Waals surface area contributed by atoms with Gasteiger partial charge in [0.1, 0.15) is 0 Å². The second-order valence-electron chi connectivity index (χ2n) is 7.53. The van der Waals surface area contributed by atoms with Crippen LogP contribution in [0.15, 0.2) is 4.99 Å². The van der Waals surface area contributed by atoms with Gasteiger partial charge in [0.15, 0.2) is 5.96 Å². The minimum Gasteiger partial charge on any atom is -0.385 e. The molecule has 0 aromatic rings. The Balaban J connectivity index is 0.00000364. The van der Waals surface area contributed by atoms with Gasteiger partial charge in [-0.3, -0.25) is 9.89 Å². The van der Waals surface area contributed by atoms with Gasteiger partial charge in [0.25, 0.3) is 0 Å². The zero-order valence-electron chi connectivity index (χ0n) is 17.5. The van der Waals surface area contributed by atoms with E-state index in [9.17, 15) is 0 Å². The largest absolute Gasteiger partial charge is 0.385 e. The number of nitrogens with zero attached hydrogens (tertiary/aromatic N) is 3. The fourth-order valence-corrected chi connectivity index (χ4v) is 5.00. The lowest BCUT2D eigenvalue weighted by Gasteiger charge is -2.43. The SMILES string of the molecule is CN=C(NCCN(C)CCCOC)NCC1(N2CCSCC2)CCCC1.I. The van der Waals surface area contributed by atoms with Crippen molar-refractivity contribution < 1.29 is 4.74 Å². The number of ether oxygens (including phenoxy) is 1. The molecule has 0 atom stereocenters. The molecule has 1 saturated carbocycles. The van der Waals surface area contributed by atoms with Gasteiger partial charge in [0.05, 0.1) is 0 Å². The molecule has 0 unspecified atom stereocenters. The molecule has 2 rings (SSSR count). The van der Waals surface area contributed by atoms with Crippen LogP contribution in [0.25, 0.3) is 0 Å². The van der Waals surface area contributed by atoms with Crippen molar-refractivity contribution in [2.75, 3.05) is 78.6 Å². The molecule has 0 amide bonds. The predicted octanol–water partition coefficient (Wildman–Crippen LogP) is 2.10. The maximum Gasteiger partial charge on any atom is 0.191 e. The van der Waals surface area contributed by atoms with Crippen LogP contribution in [0.1, 0.15) is 32.1 Å². The smallest absolute Gasteiger partial charge is 0.191 e. The molecule has 1 aliphatic carbocycles. The second-order valence-corrected chi connectivity index (χ2v) is 8.76. The quantitative estimate of drug-likeness (QED) is 0.202. The Morgan fingerprint density at radius 2 is 1.89 bits per heavy atom. The lowest BCUT2D eigenvalue weighted by atomic mass is 9.94. The highest BCUT2D eigenvalue weighted by Gasteiger charge is 2.39. The molecule has 27 heavy (non-hydrogen) atoms. The third-order valence-electron chi connectivity index (χ3n) is 5.70. The van der Waals surface area contributed by atoms with Crippen molar-refractivity contribution in [3.05, 3.63) is 0 Å². The molecular formula is C19H40IN5OS. The summed E-state index contributed by atoms with van der Waals surface area (Å²) in [5.74, 6) is 3.50. The number of guanidine groups is 1. The fraction of sp³-hybridized carbons (Fsp3) is 0.947. The molecule has 0 radical (unpaired) electrons. The van der Waals surface area contributed by atoms with E-state index >= 15 is 0 Å². The maximum atomic E-state index is 5.12. The first-order valence-electron chi connectivity index (χ1n) is 10.1. The third kappa shape index (κ3) is 8.64. The van der Waals surface area contributed by atoms with E-state index < -0.39 is 0 Å². The highest BCUT2D eigenvalue weighted by molar-refractivity contribution is 14.0. The second kappa shape index (κ2) is 14.3. The molecule has 2 fully saturated rings. The van der Waals surface area contributed by atoms with Crippen molar-refractivity contribution in [1.29, 1.82) is 0 Å². The molecule has 2 N–H and O–H groups in total. The summed E-state index contributed by atoms with van der Waals surface area (Å²) in [7, 11) is 5.79. The van der Waals surface area contributed by atoms with Crippen LogP contribution in [-0.4, -0.2) is 99.9 Å². The molecular weight excluding hydrogens is 473 g/mol. The Labute approximate surface area is 187 Å². The first-order chi connectivity index (χ1) is 12.7. The summed E-state index contributed by atoms with van der Waals surface area (Å²) in [5, 5.41) is 7.11. The molecule has 1 heterocycles. The van der Waals surface area contributed by atoms with Gasteiger partial charge >= 0.3 is 0 Å². The van der Waals surface area contributed by atoms with Crippen LogP contribution in [0, 0.1) is 0 Å². The van der Waals surface area contributed by atoms with Gasteiger partial charge in [0, 0.05) is 77.1 Å². The van der Waals surface area contributed by atoms with E-state index in [0.29, 0.717) is 5.54 Å². The standard InChI is InChI=1S/C19H39N5OS.HI/c1-20-18(21-9-11-23(2)10-6-14-25-3)22-17-19(7-4-5-8-19)24-12-15-26-16-13-24;/h4-17H2,1-3H3,(H2,20,21,22);1H. The molecule has 160 valence electrons. The lowest BCUT2D eigenvalue weighted by Crippen LogP contribution is -2.57. The molecule has 0 bridgehead atoms. The number of rotatable bonds is 10. The zero-order chi connectivity index (χ0) is 18.7. The number of aliphatic imine (C=N–C) groups is 1. The summed E-state index contributed by atoms with van der Waals surface area (Å²) in [6, 6.07) is 0. The Morgan fingerprint density at radius 3 is 2.52 bits per heavy atom. The van der Waals surface area contributed by atoms with E-state index in [-0.39, 0.29) is 24.0 Å². The molecule has 6 nitrogen and oxygen atoms in total. The molecule has 1 aliphatic heterocycles. The van der Waals surface area contributed by atoms with Crippen molar-refractivity contribution in [3.63, 3.8) is 0 Å². The molecule has 1 saturated heterocycles. The average molecular weight is 514 g/mol. The van der Waals surface area contributed by atoms with Crippen molar-refractivity contribution in [1.82, 2.24) is 20.4 Å². The van der Waals surface area contributed by atoms with Crippen LogP contribution in [0.4, 0.5) is 0 Å². The van der Waals surface area contributed by atoms with Crippen LogP contribution in [-0.2, 0) is 4.74 Å². The minimum atomic E-state index is 0. The van der Waals surface area contributed by atoms with E-state index in [1.807, 2.05) is 7.05 Å². The Bertz CT molecular complexity index is 415. The van der Waals surface area contributed by atoms with E-state index in [1.165, 1.54) is 50.3 Å². The molecule has 0 aromatic heterocycles. The number of hydrogen-bond acceptors (Lipinski definition) is 5. The van der Waals surface area contributed by atoms with Gasteiger partial charge in [-0.05, 0) is 26.3 Å². The highest BCUT2D eigenvalue weighted by Crippen LogP contribution is 2.36. The van der Waals surface area contributed by atoms with Crippen LogP contribution < -0.4 is 10.6 Å². The van der Waals surface area contributed by atoms with Crippen LogP contribution >= 0.6 is 35.7 Å². The van der Waals surface area contributed by atoms with E-state index in [0.717, 1.165) is 45.2 Å². The third-order valence-corrected chi connectivity index (χ3v) is 6.64. The Morgan fingerprint density at radius 1 is 1.19 bits per heavy atom. The van der Waals surface area contributed by atoms with Gasteiger partial charge in [-0.15, -0.1) is 24.0 Å². The predicted molar refractivity (Wildman–Crippen MR) is 129 cm³/mol. The Hall–Kier alpha value is 0.230. The van der Waals surface area contributed by atoms with Gasteiger partial charge in [-0.2, -0.15) is 11.8 Å². The Kier molecular flexibility index (Phi) is 13.3. The number of thioether (sulfide) groups is 1. The lowest BCUT2D eigenvalue weighted by molar-refractivity contribution is 0.107. The van der Waals surface area contributed by atoms with Gasteiger partial charge in [0.2, 0.25) is 0 Å². The highest BCUT2D eigenvalue weighted by atomic mass is 127. The van der Waals surface area contributed by atoms with Crippen molar-refractivity contribution in [2.24, 2.45) is 4.99 Å². The summed E-state index contributed by atoms with van der Waals surface area (Å²) in [6.45, 7) is 7.32.